The first-order valence-electron chi connectivity index (χ1n) is 5.87. The second-order valence-electron chi connectivity index (χ2n) is 4.34. The quantitative estimate of drug-likeness (QED) is 0.845. The molecule has 2 rings (SSSR count). The van der Waals surface area contributed by atoms with E-state index in [4.69, 9.17) is 11.6 Å². The Kier molecular flexibility index (Phi) is 4.28. The summed E-state index contributed by atoms with van der Waals surface area (Å²) < 4.78 is 0. The molecule has 0 radical (unpaired) electrons. The molecule has 0 aliphatic heterocycles. The van der Waals surface area contributed by atoms with Gasteiger partial charge in [-0.15, -0.1) is 0 Å². The van der Waals surface area contributed by atoms with Gasteiger partial charge < -0.3 is 0 Å². The zero-order chi connectivity index (χ0) is 13.0. The number of pyridine rings is 2. The molecule has 0 aromatic carbocycles. The lowest BCUT2D eigenvalue weighted by Gasteiger charge is -2.25. The van der Waals surface area contributed by atoms with Gasteiger partial charge in [-0.2, -0.15) is 0 Å². The maximum absolute atomic E-state index is 6.12. The summed E-state index contributed by atoms with van der Waals surface area (Å²) in [7, 11) is 2.08. The lowest BCUT2D eigenvalue weighted by Crippen LogP contribution is -2.22. The van der Waals surface area contributed by atoms with E-state index in [2.05, 4.69) is 34.9 Å². The van der Waals surface area contributed by atoms with Crippen molar-refractivity contribution < 1.29 is 0 Å². The molecule has 94 valence electrons. The van der Waals surface area contributed by atoms with E-state index in [0.717, 1.165) is 12.1 Å². The van der Waals surface area contributed by atoms with E-state index in [-0.39, 0.29) is 0 Å². The van der Waals surface area contributed by atoms with Crippen molar-refractivity contribution in [1.29, 1.82) is 0 Å². The molecule has 0 N–H and O–H groups in total. The Morgan fingerprint density at radius 1 is 1.22 bits per heavy atom. The summed E-state index contributed by atoms with van der Waals surface area (Å²) in [6.07, 6.45) is 7.13. The molecule has 18 heavy (non-hydrogen) atoms. The summed E-state index contributed by atoms with van der Waals surface area (Å²) in [6.45, 7) is 2.95. The Morgan fingerprint density at radius 3 is 2.67 bits per heavy atom. The van der Waals surface area contributed by atoms with E-state index in [1.165, 1.54) is 5.56 Å². The van der Waals surface area contributed by atoms with Crippen molar-refractivity contribution in [2.75, 3.05) is 7.05 Å². The van der Waals surface area contributed by atoms with Crippen molar-refractivity contribution in [3.05, 3.63) is 59.1 Å². The molecule has 0 saturated heterocycles. The van der Waals surface area contributed by atoms with Crippen LogP contribution in [0.15, 0.2) is 43.0 Å². The molecule has 1 unspecified atom stereocenters. The number of nitrogens with zero attached hydrogens (tertiary/aromatic N) is 3. The van der Waals surface area contributed by atoms with E-state index in [9.17, 15) is 0 Å². The van der Waals surface area contributed by atoms with Crippen LogP contribution < -0.4 is 0 Å². The Labute approximate surface area is 112 Å². The Balaban J connectivity index is 2.09. The van der Waals surface area contributed by atoms with Crippen LogP contribution in [0.4, 0.5) is 0 Å². The molecule has 2 heterocycles. The number of aromatic nitrogens is 2. The smallest absolute Gasteiger partial charge is 0.0634 e. The molecule has 0 fully saturated rings. The molecule has 2 aromatic rings. The first-order chi connectivity index (χ1) is 8.68. The van der Waals surface area contributed by atoms with Crippen molar-refractivity contribution in [2.24, 2.45) is 0 Å². The molecule has 3 nitrogen and oxygen atoms in total. The highest BCUT2D eigenvalue weighted by Crippen LogP contribution is 2.22. The first kappa shape index (κ1) is 13.0. The molecule has 0 spiro atoms. The molecule has 0 aliphatic carbocycles. The van der Waals surface area contributed by atoms with Gasteiger partial charge >= 0.3 is 0 Å². The van der Waals surface area contributed by atoms with Gasteiger partial charge in [-0.25, -0.2) is 0 Å². The van der Waals surface area contributed by atoms with Crippen molar-refractivity contribution in [2.45, 2.75) is 19.5 Å². The third-order valence-corrected chi connectivity index (χ3v) is 3.44. The Hall–Kier alpha value is -1.45. The highest BCUT2D eigenvalue weighted by Gasteiger charge is 2.13. The van der Waals surface area contributed by atoms with Crippen molar-refractivity contribution in [3.8, 4) is 0 Å². The van der Waals surface area contributed by atoms with E-state index < -0.39 is 0 Å². The van der Waals surface area contributed by atoms with E-state index in [1.54, 1.807) is 18.6 Å². The van der Waals surface area contributed by atoms with Crippen LogP contribution in [-0.4, -0.2) is 21.9 Å². The van der Waals surface area contributed by atoms with E-state index in [0.29, 0.717) is 11.1 Å². The van der Waals surface area contributed by atoms with Crippen LogP contribution >= 0.6 is 11.6 Å². The summed E-state index contributed by atoms with van der Waals surface area (Å²) in [5, 5.41) is 0.711. The summed E-state index contributed by atoms with van der Waals surface area (Å²) >= 11 is 6.12. The number of halogens is 1. The fraction of sp³-hybridized carbons (Fsp3) is 0.286. The fourth-order valence-corrected chi connectivity index (χ4v) is 1.99. The van der Waals surface area contributed by atoms with Crippen LogP contribution in [-0.2, 0) is 6.54 Å². The first-order valence-corrected chi connectivity index (χ1v) is 6.25. The normalized spacial score (nSPS) is 12.7. The van der Waals surface area contributed by atoms with Gasteiger partial charge in [0.15, 0.2) is 0 Å². The summed E-state index contributed by atoms with van der Waals surface area (Å²) in [4.78, 5) is 10.4. The van der Waals surface area contributed by atoms with Gasteiger partial charge in [0.2, 0.25) is 0 Å². The molecular weight excluding hydrogens is 246 g/mol. The largest absolute Gasteiger partial charge is 0.295 e. The molecular formula is C14H16ClN3. The summed E-state index contributed by atoms with van der Waals surface area (Å²) in [6, 6.07) is 6.29. The summed E-state index contributed by atoms with van der Waals surface area (Å²) in [5.74, 6) is 0. The Morgan fingerprint density at radius 2 is 2.00 bits per heavy atom. The standard InChI is InChI=1S/C14H16ClN3/c1-11(12-4-3-6-16-8-12)18(2)10-13-5-7-17-9-14(13)15/h3-9,11H,10H2,1-2H3. The van der Waals surface area contributed by atoms with Crippen LogP contribution in [0.5, 0.6) is 0 Å². The third-order valence-electron chi connectivity index (χ3n) is 3.10. The number of hydrogen-bond donors (Lipinski definition) is 0. The maximum atomic E-state index is 6.12. The highest BCUT2D eigenvalue weighted by molar-refractivity contribution is 6.31. The van der Waals surface area contributed by atoms with Gasteiger partial charge in [-0.1, -0.05) is 17.7 Å². The van der Waals surface area contributed by atoms with Crippen LogP contribution in [0.2, 0.25) is 5.02 Å². The predicted molar refractivity (Wildman–Crippen MR) is 73.4 cm³/mol. The van der Waals surface area contributed by atoms with Gasteiger partial charge in [0, 0.05) is 37.4 Å². The average Bonchev–Trinajstić information content (AvgIpc) is 2.41. The van der Waals surface area contributed by atoms with Crippen LogP contribution in [0, 0.1) is 0 Å². The average molecular weight is 262 g/mol. The second kappa shape index (κ2) is 5.94. The van der Waals surface area contributed by atoms with Gasteiger partial charge in [-0.05, 0) is 37.2 Å². The van der Waals surface area contributed by atoms with Crippen molar-refractivity contribution >= 4 is 11.6 Å². The minimum absolute atomic E-state index is 0.294. The molecule has 0 aliphatic rings. The molecule has 4 heteroatoms. The number of rotatable bonds is 4. The highest BCUT2D eigenvalue weighted by atomic mass is 35.5. The van der Waals surface area contributed by atoms with Gasteiger partial charge in [0.05, 0.1) is 5.02 Å². The SMILES string of the molecule is CC(c1cccnc1)N(C)Cc1ccncc1Cl. The zero-order valence-electron chi connectivity index (χ0n) is 10.5. The van der Waals surface area contributed by atoms with Gasteiger partial charge in [-0.3, -0.25) is 14.9 Å². The fourth-order valence-electron chi connectivity index (χ4n) is 1.82. The number of hydrogen-bond acceptors (Lipinski definition) is 3. The second-order valence-corrected chi connectivity index (χ2v) is 4.75. The summed E-state index contributed by atoms with van der Waals surface area (Å²) in [5.41, 5.74) is 2.29. The molecule has 1 atom stereocenters. The van der Waals surface area contributed by atoms with Crippen molar-refractivity contribution in [3.63, 3.8) is 0 Å². The monoisotopic (exact) mass is 261 g/mol. The third kappa shape index (κ3) is 3.06. The van der Waals surface area contributed by atoms with Crippen LogP contribution in [0.1, 0.15) is 24.1 Å². The lowest BCUT2D eigenvalue weighted by molar-refractivity contribution is 0.252. The molecule has 2 aromatic heterocycles. The van der Waals surface area contributed by atoms with Crippen LogP contribution in [0.3, 0.4) is 0 Å². The van der Waals surface area contributed by atoms with E-state index >= 15 is 0 Å². The predicted octanol–water partition coefficient (Wildman–Crippen LogP) is 3.32. The minimum atomic E-state index is 0.294. The molecule has 0 bridgehead atoms. The van der Waals surface area contributed by atoms with Gasteiger partial charge in [0.1, 0.15) is 0 Å². The van der Waals surface area contributed by atoms with Crippen LogP contribution in [0.25, 0.3) is 0 Å². The lowest BCUT2D eigenvalue weighted by atomic mass is 10.1. The minimum Gasteiger partial charge on any atom is -0.295 e. The zero-order valence-corrected chi connectivity index (χ0v) is 11.3. The maximum Gasteiger partial charge on any atom is 0.0634 e. The van der Waals surface area contributed by atoms with Gasteiger partial charge in [0.25, 0.3) is 0 Å². The van der Waals surface area contributed by atoms with Crippen molar-refractivity contribution in [1.82, 2.24) is 14.9 Å². The topological polar surface area (TPSA) is 29.0 Å². The molecule has 0 amide bonds. The molecule has 0 saturated carbocycles. The van der Waals surface area contributed by atoms with E-state index in [1.807, 2.05) is 18.3 Å². The Bertz CT molecular complexity index is 501.